The van der Waals surface area contributed by atoms with E-state index in [4.69, 9.17) is 9.26 Å². The first kappa shape index (κ1) is 17.3. The van der Waals surface area contributed by atoms with E-state index in [1.165, 1.54) is 0 Å². The van der Waals surface area contributed by atoms with Crippen LogP contribution in [0.3, 0.4) is 0 Å². The maximum Gasteiger partial charge on any atom is 0.258 e. The highest BCUT2D eigenvalue weighted by molar-refractivity contribution is 5.97. The van der Waals surface area contributed by atoms with Gasteiger partial charge in [-0.2, -0.15) is 4.98 Å². The van der Waals surface area contributed by atoms with Gasteiger partial charge in [0.1, 0.15) is 11.8 Å². The maximum atomic E-state index is 13.2. The summed E-state index contributed by atoms with van der Waals surface area (Å²) in [5, 5.41) is 4.10. The molecule has 138 valence electrons. The molecule has 6 nitrogen and oxygen atoms in total. The molecule has 0 radical (unpaired) electrons. The molecule has 4 rings (SSSR count). The Hall–Kier alpha value is -3.15. The van der Waals surface area contributed by atoms with Crippen molar-refractivity contribution >= 4 is 5.91 Å². The molecule has 0 bridgehead atoms. The molecule has 1 aliphatic rings. The summed E-state index contributed by atoms with van der Waals surface area (Å²) < 4.78 is 11.1. The molecule has 1 unspecified atom stereocenters. The lowest BCUT2D eigenvalue weighted by Gasteiger charge is -2.23. The van der Waals surface area contributed by atoms with Gasteiger partial charge in [0.25, 0.3) is 5.91 Å². The molecule has 0 saturated carbocycles. The molecule has 0 aliphatic carbocycles. The van der Waals surface area contributed by atoms with Crippen LogP contribution in [0.2, 0.25) is 0 Å². The van der Waals surface area contributed by atoms with Gasteiger partial charge in [0.2, 0.25) is 11.7 Å². The summed E-state index contributed by atoms with van der Waals surface area (Å²) in [6.45, 7) is 3.08. The fourth-order valence-electron chi connectivity index (χ4n) is 3.42. The second-order valence-corrected chi connectivity index (χ2v) is 6.41. The van der Waals surface area contributed by atoms with E-state index in [2.05, 4.69) is 10.1 Å². The van der Waals surface area contributed by atoms with Crippen LogP contribution in [0, 0.1) is 0 Å². The van der Waals surface area contributed by atoms with Crippen LogP contribution in [0.4, 0.5) is 0 Å². The Bertz CT molecular complexity index is 923. The number of benzene rings is 2. The quantitative estimate of drug-likeness (QED) is 0.682. The number of nitrogens with zero attached hydrogens (tertiary/aromatic N) is 3. The topological polar surface area (TPSA) is 68.5 Å². The molecule has 1 fully saturated rings. The van der Waals surface area contributed by atoms with Crippen LogP contribution in [0.5, 0.6) is 5.75 Å². The summed E-state index contributed by atoms with van der Waals surface area (Å²) in [5.41, 5.74) is 1.46. The number of amides is 1. The highest BCUT2D eigenvalue weighted by Gasteiger charge is 2.35. The molecule has 1 saturated heterocycles. The Morgan fingerprint density at radius 1 is 1.19 bits per heavy atom. The highest BCUT2D eigenvalue weighted by Crippen LogP contribution is 2.34. The van der Waals surface area contributed by atoms with Crippen molar-refractivity contribution in [2.24, 2.45) is 0 Å². The molecule has 1 aliphatic heterocycles. The Kier molecular flexibility index (Phi) is 4.87. The van der Waals surface area contributed by atoms with Gasteiger partial charge in [-0.25, -0.2) is 0 Å². The number of para-hydroxylation sites is 1. The SMILES string of the molecule is CCOc1ccccc1C(=O)N1CCCC1c1nc(-c2ccccc2)no1. The van der Waals surface area contributed by atoms with Crippen molar-refractivity contribution < 1.29 is 14.1 Å². The number of ether oxygens (including phenoxy) is 1. The highest BCUT2D eigenvalue weighted by atomic mass is 16.5. The van der Waals surface area contributed by atoms with Crippen molar-refractivity contribution in [1.29, 1.82) is 0 Å². The third-order valence-corrected chi connectivity index (χ3v) is 4.69. The largest absolute Gasteiger partial charge is 0.493 e. The van der Waals surface area contributed by atoms with Crippen LogP contribution in [0.15, 0.2) is 59.1 Å². The maximum absolute atomic E-state index is 13.2. The van der Waals surface area contributed by atoms with Crippen LogP contribution in [-0.4, -0.2) is 34.1 Å². The zero-order valence-electron chi connectivity index (χ0n) is 15.2. The lowest BCUT2D eigenvalue weighted by Crippen LogP contribution is -2.31. The van der Waals surface area contributed by atoms with Crippen molar-refractivity contribution in [3.63, 3.8) is 0 Å². The lowest BCUT2D eigenvalue weighted by molar-refractivity contribution is 0.0706. The van der Waals surface area contributed by atoms with Crippen LogP contribution in [0.25, 0.3) is 11.4 Å². The van der Waals surface area contributed by atoms with E-state index in [0.29, 0.717) is 36.2 Å². The number of aromatic nitrogens is 2. The van der Waals surface area contributed by atoms with Crippen LogP contribution < -0.4 is 4.74 Å². The molecule has 1 atom stereocenters. The van der Waals surface area contributed by atoms with Crippen LogP contribution in [-0.2, 0) is 0 Å². The molecule has 0 N–H and O–H groups in total. The van der Waals surface area contributed by atoms with Crippen molar-refractivity contribution in [3.05, 3.63) is 66.1 Å². The number of likely N-dealkylation sites (tertiary alicyclic amines) is 1. The first-order valence-electron chi connectivity index (χ1n) is 9.19. The normalized spacial score (nSPS) is 16.5. The summed E-state index contributed by atoms with van der Waals surface area (Å²) in [6, 6.07) is 16.8. The third kappa shape index (κ3) is 3.43. The summed E-state index contributed by atoms with van der Waals surface area (Å²) in [4.78, 5) is 19.5. The van der Waals surface area contributed by atoms with Gasteiger partial charge in [0.15, 0.2) is 0 Å². The predicted octanol–water partition coefficient (Wildman–Crippen LogP) is 4.11. The number of rotatable bonds is 5. The van der Waals surface area contributed by atoms with Gasteiger partial charge in [0, 0.05) is 12.1 Å². The minimum Gasteiger partial charge on any atom is -0.493 e. The minimum absolute atomic E-state index is 0.0685. The van der Waals surface area contributed by atoms with Crippen LogP contribution in [0.1, 0.15) is 42.1 Å². The first-order chi connectivity index (χ1) is 13.3. The number of carbonyl (C=O) groups excluding carboxylic acids is 1. The zero-order chi connectivity index (χ0) is 18.6. The Morgan fingerprint density at radius 2 is 1.96 bits per heavy atom. The molecule has 1 aromatic heterocycles. The smallest absolute Gasteiger partial charge is 0.258 e. The van der Waals surface area contributed by atoms with E-state index in [1.807, 2.05) is 55.5 Å². The summed E-state index contributed by atoms with van der Waals surface area (Å²) in [6.07, 6.45) is 1.70. The van der Waals surface area contributed by atoms with Gasteiger partial charge in [-0.3, -0.25) is 4.79 Å². The van der Waals surface area contributed by atoms with Crippen LogP contribution >= 0.6 is 0 Å². The van der Waals surface area contributed by atoms with E-state index in [0.717, 1.165) is 18.4 Å². The standard InChI is InChI=1S/C21H21N3O3/c1-2-26-18-13-7-6-11-16(18)21(25)24-14-8-12-17(24)20-22-19(23-27-20)15-9-4-3-5-10-15/h3-7,9-11,13,17H,2,8,12,14H2,1H3. The van der Waals surface area contributed by atoms with Gasteiger partial charge >= 0.3 is 0 Å². The van der Waals surface area contributed by atoms with E-state index >= 15 is 0 Å². The fourth-order valence-corrected chi connectivity index (χ4v) is 3.42. The summed E-state index contributed by atoms with van der Waals surface area (Å²) in [5.74, 6) is 1.56. The zero-order valence-corrected chi connectivity index (χ0v) is 15.2. The van der Waals surface area contributed by atoms with Crippen molar-refractivity contribution in [3.8, 4) is 17.1 Å². The number of carbonyl (C=O) groups is 1. The summed E-state index contributed by atoms with van der Waals surface area (Å²) in [7, 11) is 0. The van der Waals surface area contributed by atoms with Crippen molar-refractivity contribution in [1.82, 2.24) is 15.0 Å². The Morgan fingerprint density at radius 3 is 2.78 bits per heavy atom. The Labute approximate surface area is 157 Å². The third-order valence-electron chi connectivity index (χ3n) is 4.69. The molecular weight excluding hydrogens is 342 g/mol. The first-order valence-corrected chi connectivity index (χ1v) is 9.19. The van der Waals surface area contributed by atoms with E-state index in [9.17, 15) is 4.79 Å². The van der Waals surface area contributed by atoms with E-state index < -0.39 is 0 Å². The number of hydrogen-bond donors (Lipinski definition) is 0. The van der Waals surface area contributed by atoms with Crippen molar-refractivity contribution in [2.45, 2.75) is 25.8 Å². The average molecular weight is 363 g/mol. The molecule has 2 heterocycles. The van der Waals surface area contributed by atoms with E-state index in [-0.39, 0.29) is 11.9 Å². The fraction of sp³-hybridized carbons (Fsp3) is 0.286. The monoisotopic (exact) mass is 363 g/mol. The predicted molar refractivity (Wildman–Crippen MR) is 100 cm³/mol. The van der Waals surface area contributed by atoms with Crippen molar-refractivity contribution in [2.75, 3.05) is 13.2 Å². The van der Waals surface area contributed by atoms with E-state index in [1.54, 1.807) is 11.0 Å². The second-order valence-electron chi connectivity index (χ2n) is 6.41. The molecule has 3 aromatic rings. The second kappa shape index (κ2) is 7.61. The molecule has 0 spiro atoms. The summed E-state index contributed by atoms with van der Waals surface area (Å²) >= 11 is 0. The van der Waals surface area contributed by atoms with Gasteiger partial charge in [-0.15, -0.1) is 0 Å². The molecule has 1 amide bonds. The minimum atomic E-state index is -0.211. The number of hydrogen-bond acceptors (Lipinski definition) is 5. The van der Waals surface area contributed by atoms with Gasteiger partial charge < -0.3 is 14.2 Å². The lowest BCUT2D eigenvalue weighted by atomic mass is 10.1. The Balaban J connectivity index is 1.60. The van der Waals surface area contributed by atoms with Gasteiger partial charge in [-0.05, 0) is 31.9 Å². The molecule has 6 heteroatoms. The average Bonchev–Trinajstić information content (AvgIpc) is 3.38. The van der Waals surface area contributed by atoms with Gasteiger partial charge in [-0.1, -0.05) is 47.6 Å². The molecule has 27 heavy (non-hydrogen) atoms. The molecule has 2 aromatic carbocycles. The van der Waals surface area contributed by atoms with Gasteiger partial charge in [0.05, 0.1) is 12.2 Å². The molecular formula is C21H21N3O3.